The van der Waals surface area contributed by atoms with Gasteiger partial charge in [0, 0.05) is 50.4 Å². The molecule has 25 heavy (non-hydrogen) atoms. The smallest absolute Gasteiger partial charge is 0.123 e. The van der Waals surface area contributed by atoms with Crippen molar-refractivity contribution in [1.29, 1.82) is 0 Å². The number of methoxy groups -OCH3 is 2. The molecule has 5 nitrogen and oxygen atoms in total. The van der Waals surface area contributed by atoms with Gasteiger partial charge in [0.1, 0.15) is 11.5 Å². The first-order valence-corrected chi connectivity index (χ1v) is 9.55. The van der Waals surface area contributed by atoms with E-state index >= 15 is 0 Å². The molecular weight excluding hydrogens is 316 g/mol. The highest BCUT2D eigenvalue weighted by Crippen LogP contribution is 2.30. The van der Waals surface area contributed by atoms with Gasteiger partial charge in [-0.2, -0.15) is 0 Å². The van der Waals surface area contributed by atoms with Crippen LogP contribution in [0.5, 0.6) is 11.5 Å². The molecule has 1 heterocycles. The van der Waals surface area contributed by atoms with Crippen molar-refractivity contribution >= 4 is 0 Å². The van der Waals surface area contributed by atoms with Crippen LogP contribution in [0.25, 0.3) is 0 Å². The minimum absolute atomic E-state index is 0.268. The molecule has 2 aliphatic rings. The van der Waals surface area contributed by atoms with Gasteiger partial charge in [0.2, 0.25) is 0 Å². The Morgan fingerprint density at radius 2 is 1.92 bits per heavy atom. The normalized spacial score (nSPS) is 23.1. The van der Waals surface area contributed by atoms with E-state index in [9.17, 15) is 5.11 Å². The molecule has 0 unspecified atom stereocenters. The number of hydrogen-bond donors (Lipinski definition) is 1. The van der Waals surface area contributed by atoms with Crippen molar-refractivity contribution in [3.63, 3.8) is 0 Å². The van der Waals surface area contributed by atoms with E-state index in [2.05, 4.69) is 15.9 Å². The van der Waals surface area contributed by atoms with E-state index in [1.165, 1.54) is 31.2 Å². The van der Waals surface area contributed by atoms with Crippen molar-refractivity contribution in [2.75, 3.05) is 40.5 Å². The molecule has 1 aliphatic heterocycles. The van der Waals surface area contributed by atoms with E-state index in [0.717, 1.165) is 50.1 Å². The molecule has 0 spiro atoms. The summed E-state index contributed by atoms with van der Waals surface area (Å²) in [6, 6.07) is 7.18. The van der Waals surface area contributed by atoms with Crippen molar-refractivity contribution in [2.45, 2.75) is 50.7 Å². The second-order valence-electron chi connectivity index (χ2n) is 7.26. The molecule has 0 amide bonds. The van der Waals surface area contributed by atoms with Gasteiger partial charge < -0.3 is 14.6 Å². The molecule has 0 radical (unpaired) electrons. The molecule has 0 bridgehead atoms. The van der Waals surface area contributed by atoms with E-state index in [1.807, 2.05) is 12.1 Å². The van der Waals surface area contributed by atoms with Gasteiger partial charge in [-0.1, -0.05) is 12.8 Å². The summed E-state index contributed by atoms with van der Waals surface area (Å²) in [5.41, 5.74) is 1.17. The van der Waals surface area contributed by atoms with E-state index in [4.69, 9.17) is 9.47 Å². The lowest BCUT2D eigenvalue weighted by molar-refractivity contribution is 0.0264. The second kappa shape index (κ2) is 8.88. The Morgan fingerprint density at radius 1 is 1.12 bits per heavy atom. The average Bonchev–Trinajstić information content (AvgIpc) is 3.16. The van der Waals surface area contributed by atoms with Crippen LogP contribution < -0.4 is 9.47 Å². The van der Waals surface area contributed by atoms with E-state index in [0.29, 0.717) is 6.04 Å². The number of aliphatic hydroxyl groups excluding tert-OH is 1. The van der Waals surface area contributed by atoms with Crippen molar-refractivity contribution in [2.24, 2.45) is 0 Å². The molecule has 140 valence electrons. The van der Waals surface area contributed by atoms with Gasteiger partial charge in [0.15, 0.2) is 0 Å². The monoisotopic (exact) mass is 348 g/mol. The van der Waals surface area contributed by atoms with Gasteiger partial charge >= 0.3 is 0 Å². The first-order valence-electron chi connectivity index (χ1n) is 9.55. The van der Waals surface area contributed by atoms with Crippen LogP contribution in [0.2, 0.25) is 0 Å². The van der Waals surface area contributed by atoms with Crippen molar-refractivity contribution in [3.05, 3.63) is 23.8 Å². The maximum atomic E-state index is 9.52. The van der Waals surface area contributed by atoms with Crippen LogP contribution >= 0.6 is 0 Å². The van der Waals surface area contributed by atoms with Gasteiger partial charge in [-0.15, -0.1) is 0 Å². The second-order valence-corrected chi connectivity index (χ2v) is 7.26. The fourth-order valence-electron chi connectivity index (χ4n) is 4.45. The van der Waals surface area contributed by atoms with E-state index < -0.39 is 0 Å². The Kier molecular flexibility index (Phi) is 6.57. The third-order valence-corrected chi connectivity index (χ3v) is 5.75. The molecule has 5 heteroatoms. The molecule has 1 aliphatic carbocycles. The molecule has 2 fully saturated rings. The van der Waals surface area contributed by atoms with Crippen LogP contribution in [-0.2, 0) is 6.54 Å². The zero-order valence-electron chi connectivity index (χ0n) is 15.6. The Hall–Kier alpha value is -1.30. The first kappa shape index (κ1) is 18.5. The largest absolute Gasteiger partial charge is 0.497 e. The SMILES string of the molecule is COc1ccc(OC)c(CN2CCN(C3CCCC3)[C@@H](CCO)C2)c1. The van der Waals surface area contributed by atoms with Gasteiger partial charge in [0.25, 0.3) is 0 Å². The Labute approximate surface area is 151 Å². The Morgan fingerprint density at radius 3 is 2.60 bits per heavy atom. The highest BCUT2D eigenvalue weighted by Gasteiger charge is 2.33. The summed E-state index contributed by atoms with van der Waals surface area (Å²) in [5, 5.41) is 9.52. The number of hydrogen-bond acceptors (Lipinski definition) is 5. The number of ether oxygens (including phenoxy) is 2. The molecule has 1 saturated heterocycles. The van der Waals surface area contributed by atoms with Crippen molar-refractivity contribution in [3.8, 4) is 11.5 Å². The molecule has 1 saturated carbocycles. The topological polar surface area (TPSA) is 45.2 Å². The Balaban J connectivity index is 1.68. The van der Waals surface area contributed by atoms with E-state index in [1.54, 1.807) is 14.2 Å². The molecular formula is C20H32N2O3. The summed E-state index contributed by atoms with van der Waals surface area (Å²) in [6.07, 6.45) is 6.23. The number of benzene rings is 1. The number of aliphatic hydroxyl groups is 1. The summed E-state index contributed by atoms with van der Waals surface area (Å²) >= 11 is 0. The summed E-state index contributed by atoms with van der Waals surface area (Å²) in [7, 11) is 3.42. The number of nitrogens with zero attached hydrogens (tertiary/aromatic N) is 2. The molecule has 1 atom stereocenters. The van der Waals surface area contributed by atoms with Gasteiger partial charge in [0.05, 0.1) is 14.2 Å². The molecule has 3 rings (SSSR count). The van der Waals surface area contributed by atoms with Crippen LogP contribution in [-0.4, -0.2) is 67.5 Å². The highest BCUT2D eigenvalue weighted by atomic mass is 16.5. The van der Waals surface area contributed by atoms with E-state index in [-0.39, 0.29) is 6.61 Å². The minimum Gasteiger partial charge on any atom is -0.497 e. The fourth-order valence-corrected chi connectivity index (χ4v) is 4.45. The standard InChI is InChI=1S/C20H32N2O3/c1-24-19-7-8-20(25-2)16(13-19)14-21-10-11-22(17-5-3-4-6-17)18(15-21)9-12-23/h7-8,13,17-18,23H,3-6,9-12,14-15H2,1-2H3/t18-/m0/s1. The third-order valence-electron chi connectivity index (χ3n) is 5.75. The quantitative estimate of drug-likeness (QED) is 0.820. The zero-order valence-corrected chi connectivity index (χ0v) is 15.6. The lowest BCUT2D eigenvalue weighted by Gasteiger charge is -2.44. The van der Waals surface area contributed by atoms with Gasteiger partial charge in [-0.3, -0.25) is 9.80 Å². The van der Waals surface area contributed by atoms with Crippen LogP contribution in [0.15, 0.2) is 18.2 Å². The maximum absolute atomic E-state index is 9.52. The minimum atomic E-state index is 0.268. The first-order chi connectivity index (χ1) is 12.2. The maximum Gasteiger partial charge on any atom is 0.123 e. The average molecular weight is 348 g/mol. The summed E-state index contributed by atoms with van der Waals surface area (Å²) in [4.78, 5) is 5.16. The van der Waals surface area contributed by atoms with Gasteiger partial charge in [-0.25, -0.2) is 0 Å². The fraction of sp³-hybridized carbons (Fsp3) is 0.700. The number of piperazine rings is 1. The predicted molar refractivity (Wildman–Crippen MR) is 99.3 cm³/mol. The van der Waals surface area contributed by atoms with Crippen LogP contribution in [0.3, 0.4) is 0 Å². The number of rotatable bonds is 7. The molecule has 0 aromatic heterocycles. The summed E-state index contributed by atoms with van der Waals surface area (Å²) < 4.78 is 10.9. The van der Waals surface area contributed by atoms with Crippen LogP contribution in [0.1, 0.15) is 37.7 Å². The van der Waals surface area contributed by atoms with Crippen LogP contribution in [0.4, 0.5) is 0 Å². The summed E-state index contributed by atoms with van der Waals surface area (Å²) in [6.45, 7) is 4.31. The molecule has 1 aromatic rings. The zero-order chi connectivity index (χ0) is 17.6. The lowest BCUT2D eigenvalue weighted by Crippen LogP contribution is -2.56. The van der Waals surface area contributed by atoms with Crippen molar-refractivity contribution in [1.82, 2.24) is 9.80 Å². The van der Waals surface area contributed by atoms with Gasteiger partial charge in [-0.05, 0) is 37.5 Å². The summed E-state index contributed by atoms with van der Waals surface area (Å²) in [5.74, 6) is 1.78. The molecule has 1 N–H and O–H groups in total. The third kappa shape index (κ3) is 4.46. The lowest BCUT2D eigenvalue weighted by atomic mass is 10.0. The van der Waals surface area contributed by atoms with Crippen LogP contribution in [0, 0.1) is 0 Å². The predicted octanol–water partition coefficient (Wildman–Crippen LogP) is 2.52. The highest BCUT2D eigenvalue weighted by molar-refractivity contribution is 5.40. The van der Waals surface area contributed by atoms with Crippen molar-refractivity contribution < 1.29 is 14.6 Å². The Bertz CT molecular complexity index is 546. The molecule has 1 aromatic carbocycles.